The second-order valence-electron chi connectivity index (χ2n) is 9.25. The summed E-state index contributed by atoms with van der Waals surface area (Å²) in [6, 6.07) is 18.0. The van der Waals surface area contributed by atoms with Crippen LogP contribution in [0.5, 0.6) is 0 Å². The minimum Gasteiger partial charge on any atom is -0.341 e. The van der Waals surface area contributed by atoms with Gasteiger partial charge in [0.15, 0.2) is 0 Å². The quantitative estimate of drug-likeness (QED) is 0.301. The van der Waals surface area contributed by atoms with Crippen LogP contribution < -0.4 is 10.6 Å². The molecular weight excluding hydrogens is 420 g/mol. The van der Waals surface area contributed by atoms with Crippen LogP contribution in [0.4, 0.5) is 0 Å². The van der Waals surface area contributed by atoms with Gasteiger partial charge in [0.2, 0.25) is 0 Å². The molecular formula is C28H30N6. The van der Waals surface area contributed by atoms with Gasteiger partial charge in [-0.25, -0.2) is 9.97 Å². The molecule has 2 aromatic heterocycles. The summed E-state index contributed by atoms with van der Waals surface area (Å²) in [5, 5.41) is 7.03. The molecule has 2 aromatic carbocycles. The van der Waals surface area contributed by atoms with Crippen molar-refractivity contribution >= 4 is 0 Å². The number of benzene rings is 2. The number of nitrogens with zero attached hydrogens (tertiary/aromatic N) is 2. The normalized spacial score (nSPS) is 21.5. The number of H-pyrrole nitrogens is 2. The summed E-state index contributed by atoms with van der Waals surface area (Å²) < 4.78 is 0. The van der Waals surface area contributed by atoms with Crippen LogP contribution in [-0.2, 0) is 0 Å². The van der Waals surface area contributed by atoms with Crippen molar-refractivity contribution in [3.8, 4) is 33.6 Å². The standard InChI is InChI=1S/C28H30N6/c1-2-18-14-24(30-15-18)28-32-17-26(34-28)22-11-7-20(8-12-22)19-5-9-21(10-6-19)25-16-31-27(33-25)23-4-3-13-29-23/h2,5-12,16-17,23-24,29-30H,3-4,13-15H2,1H3,(H,31,33)(H,32,34)/b18-2+/t23-,24-/m0/s1. The predicted octanol–water partition coefficient (Wildman–Crippen LogP) is 5.54. The van der Waals surface area contributed by atoms with E-state index in [-0.39, 0.29) is 6.04 Å². The Morgan fingerprint density at radius 3 is 1.79 bits per heavy atom. The molecule has 0 radical (unpaired) electrons. The van der Waals surface area contributed by atoms with Crippen molar-refractivity contribution in [1.29, 1.82) is 0 Å². The summed E-state index contributed by atoms with van der Waals surface area (Å²) in [6.45, 7) is 4.12. The lowest BCUT2D eigenvalue weighted by Gasteiger charge is -2.07. The molecule has 0 aliphatic carbocycles. The molecule has 4 heterocycles. The molecule has 2 atom stereocenters. The van der Waals surface area contributed by atoms with Crippen LogP contribution in [-0.4, -0.2) is 33.0 Å². The van der Waals surface area contributed by atoms with Crippen molar-refractivity contribution in [3.63, 3.8) is 0 Å². The van der Waals surface area contributed by atoms with Gasteiger partial charge in [-0.15, -0.1) is 0 Å². The number of aromatic amines is 2. The Morgan fingerprint density at radius 2 is 1.29 bits per heavy atom. The first-order valence-corrected chi connectivity index (χ1v) is 12.2. The highest BCUT2D eigenvalue weighted by Crippen LogP contribution is 2.30. The molecule has 4 aromatic rings. The zero-order valence-electron chi connectivity index (χ0n) is 19.4. The van der Waals surface area contributed by atoms with Crippen LogP contribution in [0.1, 0.15) is 49.9 Å². The Kier molecular flexibility index (Phi) is 5.61. The molecule has 6 heteroatoms. The van der Waals surface area contributed by atoms with E-state index in [0.717, 1.165) is 60.1 Å². The van der Waals surface area contributed by atoms with Gasteiger partial charge < -0.3 is 20.6 Å². The van der Waals surface area contributed by atoms with E-state index in [1.807, 2.05) is 12.4 Å². The minimum atomic E-state index is 0.276. The van der Waals surface area contributed by atoms with Gasteiger partial charge in [-0.1, -0.05) is 60.2 Å². The number of imidazole rings is 2. The van der Waals surface area contributed by atoms with Crippen molar-refractivity contribution < 1.29 is 0 Å². The topological polar surface area (TPSA) is 81.4 Å². The van der Waals surface area contributed by atoms with E-state index in [1.54, 1.807) is 0 Å². The average molecular weight is 451 g/mol. The first-order chi connectivity index (χ1) is 16.8. The maximum atomic E-state index is 4.63. The van der Waals surface area contributed by atoms with E-state index < -0.39 is 0 Å². The van der Waals surface area contributed by atoms with Gasteiger partial charge in [0, 0.05) is 6.54 Å². The molecule has 4 N–H and O–H groups in total. The Balaban J connectivity index is 1.15. The maximum absolute atomic E-state index is 4.63. The van der Waals surface area contributed by atoms with Gasteiger partial charge in [0.05, 0.1) is 35.9 Å². The summed E-state index contributed by atoms with van der Waals surface area (Å²) >= 11 is 0. The molecule has 6 rings (SSSR count). The molecule has 0 amide bonds. The van der Waals surface area contributed by atoms with E-state index in [9.17, 15) is 0 Å². The molecule has 2 aliphatic rings. The summed E-state index contributed by atoms with van der Waals surface area (Å²) in [5.74, 6) is 2.05. The van der Waals surface area contributed by atoms with E-state index in [4.69, 9.17) is 0 Å². The Morgan fingerprint density at radius 1 is 0.735 bits per heavy atom. The number of allylic oxidation sites excluding steroid dienone is 1. The fraction of sp³-hybridized carbons (Fsp3) is 0.286. The first kappa shape index (κ1) is 21.1. The molecule has 2 saturated heterocycles. The number of rotatable bonds is 5. The molecule has 2 aliphatic heterocycles. The molecule has 0 spiro atoms. The van der Waals surface area contributed by atoms with Gasteiger partial charge in [-0.2, -0.15) is 0 Å². The van der Waals surface area contributed by atoms with E-state index >= 15 is 0 Å². The highest BCUT2D eigenvalue weighted by Gasteiger charge is 2.22. The molecule has 0 unspecified atom stereocenters. The van der Waals surface area contributed by atoms with Gasteiger partial charge in [0.1, 0.15) is 11.6 Å². The fourth-order valence-electron chi connectivity index (χ4n) is 5.00. The third-order valence-corrected chi connectivity index (χ3v) is 7.09. The van der Waals surface area contributed by atoms with E-state index in [2.05, 4.69) is 92.1 Å². The lowest BCUT2D eigenvalue weighted by molar-refractivity contribution is 0.613. The van der Waals surface area contributed by atoms with Crippen molar-refractivity contribution in [1.82, 2.24) is 30.6 Å². The Hall–Kier alpha value is -3.48. The number of hydrogen-bond donors (Lipinski definition) is 4. The summed E-state index contributed by atoms with van der Waals surface area (Å²) in [5.41, 5.74) is 8.27. The fourth-order valence-corrected chi connectivity index (χ4v) is 5.00. The zero-order chi connectivity index (χ0) is 22.9. The second kappa shape index (κ2) is 9.05. The van der Waals surface area contributed by atoms with Gasteiger partial charge >= 0.3 is 0 Å². The van der Waals surface area contributed by atoms with Crippen molar-refractivity contribution in [2.75, 3.05) is 13.1 Å². The van der Waals surface area contributed by atoms with E-state index in [0.29, 0.717) is 6.04 Å². The Labute approximate surface area is 200 Å². The smallest absolute Gasteiger partial charge is 0.124 e. The van der Waals surface area contributed by atoms with E-state index in [1.165, 1.54) is 23.1 Å². The molecule has 34 heavy (non-hydrogen) atoms. The minimum absolute atomic E-state index is 0.276. The Bertz CT molecular complexity index is 1290. The van der Waals surface area contributed by atoms with Crippen LogP contribution in [0.15, 0.2) is 72.6 Å². The summed E-state index contributed by atoms with van der Waals surface area (Å²) in [6.07, 6.45) is 9.46. The maximum Gasteiger partial charge on any atom is 0.124 e. The van der Waals surface area contributed by atoms with Crippen LogP contribution in [0.2, 0.25) is 0 Å². The summed E-state index contributed by atoms with van der Waals surface area (Å²) in [7, 11) is 0. The third kappa shape index (κ3) is 4.11. The van der Waals surface area contributed by atoms with Crippen molar-refractivity contribution in [2.45, 2.75) is 38.3 Å². The molecule has 2 fully saturated rings. The molecule has 0 bridgehead atoms. The second-order valence-corrected chi connectivity index (χ2v) is 9.25. The SMILES string of the molecule is C/C=C1/CN[C@H](c2ncc(-c3ccc(-c4ccc(-c5cnc([C@@H]6CCCN6)[nH]5)cc4)cc3)[nH]2)C1. The van der Waals surface area contributed by atoms with Crippen molar-refractivity contribution in [3.05, 3.63) is 84.2 Å². The van der Waals surface area contributed by atoms with Crippen molar-refractivity contribution in [2.24, 2.45) is 0 Å². The van der Waals surface area contributed by atoms with Crippen LogP contribution >= 0.6 is 0 Å². The lowest BCUT2D eigenvalue weighted by Crippen LogP contribution is -2.14. The average Bonchev–Trinajstić information content (AvgIpc) is 3.70. The molecule has 6 nitrogen and oxygen atoms in total. The number of hydrogen-bond acceptors (Lipinski definition) is 4. The van der Waals surface area contributed by atoms with Crippen LogP contribution in [0.3, 0.4) is 0 Å². The number of aromatic nitrogens is 4. The van der Waals surface area contributed by atoms with Gasteiger partial charge in [-0.3, -0.25) is 0 Å². The van der Waals surface area contributed by atoms with Crippen LogP contribution in [0.25, 0.3) is 33.6 Å². The predicted molar refractivity (Wildman–Crippen MR) is 136 cm³/mol. The highest BCUT2D eigenvalue weighted by atomic mass is 15.0. The monoisotopic (exact) mass is 450 g/mol. The van der Waals surface area contributed by atoms with Gasteiger partial charge in [-0.05, 0) is 55.0 Å². The highest BCUT2D eigenvalue weighted by molar-refractivity contribution is 5.71. The number of nitrogens with one attached hydrogen (secondary N) is 4. The largest absolute Gasteiger partial charge is 0.341 e. The lowest BCUT2D eigenvalue weighted by atomic mass is 10.0. The summed E-state index contributed by atoms with van der Waals surface area (Å²) in [4.78, 5) is 16.2. The zero-order valence-corrected chi connectivity index (χ0v) is 19.4. The molecule has 0 saturated carbocycles. The van der Waals surface area contributed by atoms with Gasteiger partial charge in [0.25, 0.3) is 0 Å². The molecule has 172 valence electrons. The first-order valence-electron chi connectivity index (χ1n) is 12.2. The third-order valence-electron chi connectivity index (χ3n) is 7.09. The van der Waals surface area contributed by atoms with Crippen LogP contribution in [0, 0.1) is 0 Å².